The Bertz CT molecular complexity index is 540. The van der Waals surface area contributed by atoms with Crippen molar-refractivity contribution < 1.29 is 23.4 Å². The van der Waals surface area contributed by atoms with E-state index in [1.807, 2.05) is 0 Å². The van der Waals surface area contributed by atoms with Crippen LogP contribution in [0, 0.1) is 0 Å². The monoisotopic (exact) mass is 509 g/mol. The van der Waals surface area contributed by atoms with E-state index in [0.717, 1.165) is 18.7 Å². The third-order valence-corrected chi connectivity index (χ3v) is 8.47. The highest BCUT2D eigenvalue weighted by Gasteiger charge is 2.48. The summed E-state index contributed by atoms with van der Waals surface area (Å²) in [6.45, 7) is 27.7. The molecule has 0 aliphatic carbocycles. The molecule has 1 heterocycles. The van der Waals surface area contributed by atoms with Crippen LogP contribution in [0.15, 0.2) is 0 Å². The van der Waals surface area contributed by atoms with Gasteiger partial charge in [0.25, 0.3) is 0 Å². The zero-order valence-electron chi connectivity index (χ0n) is 22.3. The lowest BCUT2D eigenvalue weighted by molar-refractivity contribution is -0.258. The Morgan fingerprint density at radius 1 is 0.677 bits per heavy atom. The molecule has 1 saturated heterocycles. The summed E-state index contributed by atoms with van der Waals surface area (Å²) in [6, 6.07) is -0.386. The van der Waals surface area contributed by atoms with E-state index in [1.54, 1.807) is 0 Å². The fourth-order valence-electron chi connectivity index (χ4n) is 3.10. The van der Waals surface area contributed by atoms with Crippen LogP contribution in [0.5, 0.6) is 0 Å². The first kappa shape index (κ1) is 29.7. The summed E-state index contributed by atoms with van der Waals surface area (Å²) in [7, 11) is -6.03. The molecule has 1 rings (SSSR count). The van der Waals surface area contributed by atoms with Gasteiger partial charge in [-0.1, -0.05) is 58.9 Å². The Kier molecular flexibility index (Phi) is 10.9. The van der Waals surface area contributed by atoms with Crippen molar-refractivity contribution in [2.75, 3.05) is 25.3 Å². The van der Waals surface area contributed by atoms with Crippen LogP contribution in [0.1, 0.15) is 0 Å². The van der Waals surface area contributed by atoms with E-state index in [1.165, 1.54) is 0 Å². The molecule has 1 aliphatic rings. The van der Waals surface area contributed by atoms with Gasteiger partial charge in [0.1, 0.15) is 18.3 Å². The number of hydrogen-bond acceptors (Lipinski definition) is 6. The van der Waals surface area contributed by atoms with Crippen molar-refractivity contribution in [2.24, 2.45) is 5.73 Å². The Hall–Kier alpha value is 0.628. The zero-order valence-corrected chi connectivity index (χ0v) is 26.3. The van der Waals surface area contributed by atoms with Crippen LogP contribution < -0.4 is 5.73 Å². The van der Waals surface area contributed by atoms with Crippen molar-refractivity contribution in [2.45, 2.75) is 109 Å². The van der Waals surface area contributed by atoms with E-state index < -0.39 is 38.8 Å². The summed E-state index contributed by atoms with van der Waals surface area (Å²) < 4.78 is 31.9. The van der Waals surface area contributed by atoms with Crippen molar-refractivity contribution in [3.05, 3.63) is 0 Å². The second-order valence-corrected chi connectivity index (χ2v) is 34.3. The molecule has 1 fully saturated rings. The molecule has 31 heavy (non-hydrogen) atoms. The highest BCUT2D eigenvalue weighted by atomic mass is 28.4. The Morgan fingerprint density at radius 2 is 1.13 bits per heavy atom. The summed E-state index contributed by atoms with van der Waals surface area (Å²) in [4.78, 5) is 0. The van der Waals surface area contributed by atoms with E-state index in [4.69, 9.17) is 29.1 Å². The fourth-order valence-corrected chi connectivity index (χ4v) is 6.12. The summed E-state index contributed by atoms with van der Waals surface area (Å²) in [5.74, 6) is 0. The highest BCUT2D eigenvalue weighted by molar-refractivity contribution is 6.76. The van der Waals surface area contributed by atoms with Gasteiger partial charge in [0.2, 0.25) is 0 Å². The Balaban J connectivity index is 3.13. The first-order chi connectivity index (χ1) is 13.8. The van der Waals surface area contributed by atoms with Gasteiger partial charge < -0.3 is 29.1 Å². The molecule has 0 bridgehead atoms. The SMILES string of the molecule is C[Si](C)(C)COC[C@H]1O[C@@H](O[Si](C)(C)C)[C@H](N)[C@@H](OC[Si](C)(C)C)[C@@H]1OC[Si](C)(C)C. The van der Waals surface area contributed by atoms with Gasteiger partial charge in [-0.3, -0.25) is 0 Å². The lowest BCUT2D eigenvalue weighted by Crippen LogP contribution is -2.66. The first-order valence-corrected chi connectivity index (χ1v) is 26.2. The summed E-state index contributed by atoms with van der Waals surface area (Å²) in [6.07, 6.45) is 1.01. The summed E-state index contributed by atoms with van der Waals surface area (Å²) in [5.41, 5.74) is 6.71. The van der Waals surface area contributed by atoms with Crippen molar-refractivity contribution in [1.29, 1.82) is 0 Å². The summed E-state index contributed by atoms with van der Waals surface area (Å²) in [5, 5.41) is 0. The van der Waals surface area contributed by atoms with Crippen LogP contribution >= 0.6 is 0 Å². The quantitative estimate of drug-likeness (QED) is 0.395. The Labute approximate surface area is 196 Å². The van der Waals surface area contributed by atoms with Crippen LogP contribution in [0.25, 0.3) is 0 Å². The highest BCUT2D eigenvalue weighted by Crippen LogP contribution is 2.29. The molecular formula is C21H51NO5Si4. The maximum Gasteiger partial charge on any atom is 0.187 e. The molecule has 0 aromatic heterocycles. The van der Waals surface area contributed by atoms with Gasteiger partial charge >= 0.3 is 0 Å². The zero-order chi connectivity index (χ0) is 24.3. The van der Waals surface area contributed by atoms with Crippen LogP contribution in [0.4, 0.5) is 0 Å². The molecule has 0 unspecified atom stereocenters. The van der Waals surface area contributed by atoms with Crippen LogP contribution in [0.2, 0.25) is 78.6 Å². The molecule has 2 N–H and O–H groups in total. The van der Waals surface area contributed by atoms with E-state index in [0.29, 0.717) is 6.61 Å². The topological polar surface area (TPSA) is 72.2 Å². The number of nitrogens with two attached hydrogens (primary N) is 1. The van der Waals surface area contributed by atoms with Gasteiger partial charge in [-0.25, -0.2) is 0 Å². The maximum absolute atomic E-state index is 6.71. The van der Waals surface area contributed by atoms with E-state index in [-0.39, 0.29) is 24.4 Å². The molecule has 0 saturated carbocycles. The first-order valence-electron chi connectivity index (χ1n) is 11.7. The molecule has 6 nitrogen and oxygen atoms in total. The standard InChI is InChI=1S/C21H51NO5Si4/c1-28(2,3)14-23-13-17-19(24-15-29(4,5)6)20(25-16-30(7,8)9)18(22)21(26-17)27-31(10,11)12/h17-21H,13-16,22H2,1-12H3/t17-,18-,19-,20-,21+/m1/s1. The van der Waals surface area contributed by atoms with Crippen molar-refractivity contribution in [3.8, 4) is 0 Å². The summed E-state index contributed by atoms with van der Waals surface area (Å²) >= 11 is 0. The van der Waals surface area contributed by atoms with Crippen LogP contribution in [-0.4, -0.2) is 88.5 Å². The molecule has 0 amide bonds. The van der Waals surface area contributed by atoms with Crippen LogP contribution in [0.3, 0.4) is 0 Å². The fraction of sp³-hybridized carbons (Fsp3) is 1.00. The number of ether oxygens (including phenoxy) is 4. The van der Waals surface area contributed by atoms with Crippen molar-refractivity contribution >= 4 is 32.5 Å². The van der Waals surface area contributed by atoms with Gasteiger partial charge in [0.05, 0.1) is 36.9 Å². The lowest BCUT2D eigenvalue weighted by Gasteiger charge is -2.47. The second kappa shape index (κ2) is 11.4. The van der Waals surface area contributed by atoms with Gasteiger partial charge in [-0.05, 0) is 19.6 Å². The largest absolute Gasteiger partial charge is 0.392 e. The maximum atomic E-state index is 6.71. The molecule has 186 valence electrons. The molecule has 5 atom stereocenters. The predicted octanol–water partition coefficient (Wildman–Crippen LogP) is 4.31. The van der Waals surface area contributed by atoms with Crippen molar-refractivity contribution in [1.82, 2.24) is 0 Å². The van der Waals surface area contributed by atoms with E-state index >= 15 is 0 Å². The van der Waals surface area contributed by atoms with Gasteiger partial charge in [0.15, 0.2) is 14.6 Å². The van der Waals surface area contributed by atoms with Gasteiger partial charge in [0, 0.05) is 18.7 Å². The average Bonchev–Trinajstić information content (AvgIpc) is 2.50. The van der Waals surface area contributed by atoms with Gasteiger partial charge in [-0.2, -0.15) is 0 Å². The molecule has 0 aromatic rings. The van der Waals surface area contributed by atoms with Gasteiger partial charge in [-0.15, -0.1) is 0 Å². The third kappa shape index (κ3) is 12.6. The minimum Gasteiger partial charge on any atom is -0.392 e. The Morgan fingerprint density at radius 3 is 1.55 bits per heavy atom. The molecule has 1 aliphatic heterocycles. The molecular weight excluding hydrogens is 459 g/mol. The molecule has 0 aromatic carbocycles. The molecule has 0 spiro atoms. The average molecular weight is 510 g/mol. The molecule has 10 heteroatoms. The minimum absolute atomic E-state index is 0.249. The lowest BCUT2D eigenvalue weighted by atomic mass is 9.97. The molecule has 0 radical (unpaired) electrons. The van der Waals surface area contributed by atoms with Crippen LogP contribution in [-0.2, 0) is 23.4 Å². The number of hydrogen-bond donors (Lipinski definition) is 1. The van der Waals surface area contributed by atoms with E-state index in [2.05, 4.69) is 78.6 Å². The predicted molar refractivity (Wildman–Crippen MR) is 141 cm³/mol. The normalized spacial score (nSPS) is 28.7. The van der Waals surface area contributed by atoms with Crippen molar-refractivity contribution in [3.63, 3.8) is 0 Å². The third-order valence-electron chi connectivity index (χ3n) is 4.40. The number of rotatable bonds is 12. The minimum atomic E-state index is -1.86. The smallest absolute Gasteiger partial charge is 0.187 e. The van der Waals surface area contributed by atoms with E-state index in [9.17, 15) is 0 Å². The second-order valence-electron chi connectivity index (χ2n) is 13.6.